The molecule has 0 amide bonds. The fourth-order valence-electron chi connectivity index (χ4n) is 17.2. The Kier molecular flexibility index (Phi) is 16.5. The second kappa shape index (κ2) is 24.6. The molecule has 99 heavy (non-hydrogen) atoms. The highest BCUT2D eigenvalue weighted by molar-refractivity contribution is 7.90. The summed E-state index contributed by atoms with van der Waals surface area (Å²) in [5.74, 6) is 1.49. The van der Waals surface area contributed by atoms with Crippen molar-refractivity contribution in [1.82, 2.24) is 50.3 Å². The third-order valence-corrected chi connectivity index (χ3v) is 22.2. The first-order chi connectivity index (χ1) is 47.2. The third-order valence-electron chi connectivity index (χ3n) is 21.1. The first kappa shape index (κ1) is 66.3. The average molecular weight is 1390 g/mol. The summed E-state index contributed by atoms with van der Waals surface area (Å²) >= 11 is 0. The molecule has 29 heteroatoms. The molecular weight excluding hydrogens is 1320 g/mol. The van der Waals surface area contributed by atoms with Gasteiger partial charge in [0.1, 0.15) is 92.6 Å². The number of hydrogen-bond donors (Lipinski definition) is 4. The molecule has 16 rings (SSSR count). The average Bonchev–Trinajstić information content (AvgIpc) is 1.67. The largest absolute Gasteiger partial charge is 0.522 e. The van der Waals surface area contributed by atoms with Gasteiger partial charge in [0.05, 0.1) is 56.4 Å². The number of nitrogens with zero attached hydrogens (tertiary/aromatic N) is 10. The number of nitrogens with one attached hydrogen (secondary N) is 2. The molecule has 8 aliphatic heterocycles. The Morgan fingerprint density at radius 2 is 1.09 bits per heavy atom. The lowest BCUT2D eigenvalue weighted by Crippen LogP contribution is -2.62. The van der Waals surface area contributed by atoms with Crippen LogP contribution in [0.5, 0.6) is 23.5 Å². The van der Waals surface area contributed by atoms with Gasteiger partial charge in [-0.2, -0.15) is 19.9 Å². The van der Waals surface area contributed by atoms with Crippen molar-refractivity contribution in [2.24, 2.45) is 0 Å². The number of aromatic nitrogens is 6. The molecule has 19 nitrogen and oxygen atoms in total. The van der Waals surface area contributed by atoms with E-state index in [9.17, 15) is 49.4 Å². The van der Waals surface area contributed by atoms with Gasteiger partial charge in [0.25, 0.3) is 0 Å². The van der Waals surface area contributed by atoms with Crippen molar-refractivity contribution in [2.75, 3.05) is 94.0 Å². The molecule has 4 N–H and O–H groups in total. The Morgan fingerprint density at radius 1 is 0.636 bits per heavy atom. The SMILES string of the molecule is C#Cc1c(F)ccc2cc(O)cc(-c3ncc4c(N5C[C@@H]6CC[C@](COC(F)(F)F)(C5)N6)nc(OC[C@@]56CCCN5C[C@H](F)C6)nc4c3F)c12.C#Cc1c(F)ccc2cc(O)cc(-c3ncc4c(N5C[C@@H]6CC[C@](CS(C)(=O)=O)(C5)N6)nc(OC[C@@]56CCCN5C[C@H](F)C6)nc4c3F)c12. The minimum atomic E-state index is -4.83. The van der Waals surface area contributed by atoms with Crippen molar-refractivity contribution >= 4 is 64.8 Å². The van der Waals surface area contributed by atoms with Crippen LogP contribution < -0.4 is 29.9 Å². The van der Waals surface area contributed by atoms with E-state index in [0.29, 0.717) is 74.9 Å². The van der Waals surface area contributed by atoms with Crippen LogP contribution in [-0.2, 0) is 14.6 Å². The lowest BCUT2D eigenvalue weighted by molar-refractivity contribution is -0.330. The Hall–Kier alpha value is -8.58. The topological polar surface area (TPSA) is 217 Å². The monoisotopic (exact) mass is 1390 g/mol. The third kappa shape index (κ3) is 12.2. The second-order valence-corrected chi connectivity index (χ2v) is 30.1. The van der Waals surface area contributed by atoms with Crippen molar-refractivity contribution in [3.63, 3.8) is 0 Å². The summed E-state index contributed by atoms with van der Waals surface area (Å²) in [5, 5.41) is 29.4. The number of phenols is 2. The van der Waals surface area contributed by atoms with E-state index in [1.165, 1.54) is 61.1 Å². The van der Waals surface area contributed by atoms with E-state index < -0.39 is 80.6 Å². The van der Waals surface area contributed by atoms with Crippen LogP contribution in [0.15, 0.2) is 60.9 Å². The Balaban J connectivity index is 0.000000161. The van der Waals surface area contributed by atoms with Gasteiger partial charge in [-0.15, -0.1) is 26.0 Å². The molecule has 0 unspecified atom stereocenters. The number of phenolic OH excluding ortho intramolecular Hbond substituents is 2. The molecule has 4 aromatic carbocycles. The van der Waals surface area contributed by atoms with Gasteiger partial charge >= 0.3 is 18.4 Å². The minimum Gasteiger partial charge on any atom is -0.508 e. The summed E-state index contributed by atoms with van der Waals surface area (Å²) < 4.78 is 174. The van der Waals surface area contributed by atoms with Gasteiger partial charge in [-0.1, -0.05) is 24.0 Å². The smallest absolute Gasteiger partial charge is 0.508 e. The molecule has 0 radical (unpaired) electrons. The highest BCUT2D eigenvalue weighted by atomic mass is 32.2. The standard InChI is InChI=1S/C35H32F6N6O3.C35H35F3N6O4S/c1-2-23-26(37)5-4-19-10-22(48)11-24(27(19)23)29-28(38)30-25(13-42-29)31(46-15-21-6-8-33(16-46,45-21)17-50-35(39,40)41)44-32(43-30)49-18-34-7-3-9-47(34)14-20(36)12-34;1-3-24-27(37)6-5-20-11-23(45)12-25(28(20)24)30-29(38)31-26(14-39-30)32(43-16-22-7-9-34(17-43,42-22)19-49(2,46)47)41-33(40-31)48-18-35-8-4-10-44(35)15-21(36)13-35/h1,4-5,10-11,13,20-21,45,48H,3,6-9,12,14-18H2;1,5-6,11-12,14,21-22,42,45H,4,7-10,13,15-19H2,2H3/t20-,21+,33-,34+;21-,22+,34-,35+/m11/s1. The molecule has 8 saturated heterocycles. The van der Waals surface area contributed by atoms with Crippen LogP contribution in [0.25, 0.3) is 65.9 Å². The van der Waals surface area contributed by atoms with Crippen molar-refractivity contribution < 1.29 is 72.4 Å². The van der Waals surface area contributed by atoms with Crippen molar-refractivity contribution in [2.45, 2.75) is 117 Å². The molecule has 4 aromatic heterocycles. The molecular formula is C70H67F9N12O7S. The number of piperazine rings is 2. The first-order valence-corrected chi connectivity index (χ1v) is 34.8. The summed E-state index contributed by atoms with van der Waals surface area (Å²) in [4.78, 5) is 35.1. The van der Waals surface area contributed by atoms with Gasteiger partial charge in [0, 0.05) is 105 Å². The molecule has 0 saturated carbocycles. The number of pyridine rings is 2. The maximum Gasteiger partial charge on any atom is 0.522 e. The number of sulfone groups is 1. The molecule has 8 fully saturated rings. The lowest BCUT2D eigenvalue weighted by Gasteiger charge is -2.42. The normalized spacial score (nSPS) is 26.7. The van der Waals surface area contributed by atoms with Gasteiger partial charge in [-0.25, -0.2) is 34.8 Å². The molecule has 8 aromatic rings. The number of anilines is 2. The summed E-state index contributed by atoms with van der Waals surface area (Å²) in [6.07, 6.45) is 14.7. The maximum absolute atomic E-state index is 16.9. The summed E-state index contributed by atoms with van der Waals surface area (Å²) in [5.41, 5.74) is -3.81. The number of terminal acetylenes is 2. The van der Waals surface area contributed by atoms with Crippen LogP contribution in [0.1, 0.15) is 75.3 Å². The van der Waals surface area contributed by atoms with E-state index >= 15 is 8.78 Å². The van der Waals surface area contributed by atoms with E-state index in [0.717, 1.165) is 44.8 Å². The molecule has 8 atom stereocenters. The zero-order chi connectivity index (χ0) is 69.3. The summed E-state index contributed by atoms with van der Waals surface area (Å²) in [7, 11) is -3.34. The van der Waals surface area contributed by atoms with E-state index in [1.807, 2.05) is 4.90 Å². The van der Waals surface area contributed by atoms with Gasteiger partial charge < -0.3 is 40.1 Å². The fourth-order valence-corrected chi connectivity index (χ4v) is 18.5. The van der Waals surface area contributed by atoms with Crippen LogP contribution in [0.3, 0.4) is 0 Å². The Morgan fingerprint density at radius 3 is 1.55 bits per heavy atom. The molecule has 0 spiro atoms. The van der Waals surface area contributed by atoms with Crippen LogP contribution in [0.4, 0.5) is 51.1 Å². The number of aromatic hydroxyl groups is 2. The predicted molar refractivity (Wildman–Crippen MR) is 351 cm³/mol. The van der Waals surface area contributed by atoms with Crippen LogP contribution in [0.2, 0.25) is 0 Å². The highest BCUT2D eigenvalue weighted by Crippen LogP contribution is 2.47. The van der Waals surface area contributed by atoms with Crippen LogP contribution >= 0.6 is 0 Å². The molecule has 0 aliphatic carbocycles. The van der Waals surface area contributed by atoms with E-state index in [1.54, 1.807) is 4.90 Å². The Labute approximate surface area is 562 Å². The van der Waals surface area contributed by atoms with Crippen molar-refractivity contribution in [3.8, 4) is 70.7 Å². The summed E-state index contributed by atoms with van der Waals surface area (Å²) in [6.45, 7) is 2.80. The van der Waals surface area contributed by atoms with Crippen molar-refractivity contribution in [3.05, 3.63) is 95.3 Å². The quantitative estimate of drug-likeness (QED) is 0.0588. The van der Waals surface area contributed by atoms with Crippen LogP contribution in [-0.4, -0.2) is 195 Å². The van der Waals surface area contributed by atoms with Gasteiger partial charge in [0.15, 0.2) is 11.6 Å². The molecule has 12 heterocycles. The van der Waals surface area contributed by atoms with E-state index in [-0.39, 0.29) is 146 Å². The highest BCUT2D eigenvalue weighted by Gasteiger charge is 2.53. The van der Waals surface area contributed by atoms with Crippen molar-refractivity contribution in [1.29, 1.82) is 0 Å². The Bertz CT molecular complexity index is 4840. The first-order valence-electron chi connectivity index (χ1n) is 32.8. The van der Waals surface area contributed by atoms with E-state index in [2.05, 4.69) is 61.9 Å². The van der Waals surface area contributed by atoms with Crippen LogP contribution in [0, 0.1) is 48.0 Å². The number of benzene rings is 4. The molecule has 8 aliphatic rings. The fraction of sp³-hybridized carbons (Fsp3) is 0.457. The minimum absolute atomic E-state index is 0.0244. The van der Waals surface area contributed by atoms with E-state index in [4.69, 9.17) is 27.3 Å². The molecule has 4 bridgehead atoms. The number of hydrogen-bond acceptors (Lipinski definition) is 19. The van der Waals surface area contributed by atoms with Gasteiger partial charge in [-0.05, 0) is 112 Å². The second-order valence-electron chi connectivity index (χ2n) is 28.0. The number of fused-ring (bicyclic) bond motifs is 10. The number of rotatable bonds is 14. The lowest BCUT2D eigenvalue weighted by atomic mass is 9.95. The summed E-state index contributed by atoms with van der Waals surface area (Å²) in [6, 6.07) is 9.96. The predicted octanol–water partition coefficient (Wildman–Crippen LogP) is 9.73. The molecule has 518 valence electrons. The zero-order valence-electron chi connectivity index (χ0n) is 53.5. The van der Waals surface area contributed by atoms with Gasteiger partial charge in [-0.3, -0.25) is 24.5 Å². The number of alkyl halides is 5. The maximum atomic E-state index is 16.9. The van der Waals surface area contributed by atoms with Gasteiger partial charge in [0.2, 0.25) is 0 Å². The number of halogens is 9. The number of ether oxygens (including phenoxy) is 3. The zero-order valence-corrected chi connectivity index (χ0v) is 54.3.